The van der Waals surface area contributed by atoms with Crippen LogP contribution in [0.2, 0.25) is 0 Å². The number of halogens is 1. The van der Waals surface area contributed by atoms with Crippen LogP contribution in [0.15, 0.2) is 23.3 Å². The zero-order chi connectivity index (χ0) is 34.8. The van der Waals surface area contributed by atoms with Crippen LogP contribution in [0.1, 0.15) is 131 Å². The van der Waals surface area contributed by atoms with E-state index in [1.54, 1.807) is 12.5 Å². The molecule has 10 atom stereocenters. The summed E-state index contributed by atoms with van der Waals surface area (Å²) >= 11 is 0. The number of hydrogen-bond donors (Lipinski definition) is 0. The number of fused-ring (bicyclic) bond motifs is 7. The van der Waals surface area contributed by atoms with Crippen molar-refractivity contribution in [3.8, 4) is 0 Å². The van der Waals surface area contributed by atoms with Crippen molar-refractivity contribution in [2.24, 2.45) is 56.7 Å². The van der Waals surface area contributed by atoms with E-state index in [0.29, 0.717) is 27.6 Å². The van der Waals surface area contributed by atoms with Gasteiger partial charge in [-0.3, -0.25) is 13.4 Å². The van der Waals surface area contributed by atoms with E-state index in [1.807, 2.05) is 0 Å². The highest BCUT2D eigenvalue weighted by atomic mass is 32.2. The van der Waals surface area contributed by atoms with E-state index in [2.05, 4.69) is 56.6 Å². The fourth-order valence-electron chi connectivity index (χ4n) is 14.1. The Morgan fingerprint density at radius 3 is 2.39 bits per heavy atom. The topological polar surface area (TPSA) is 40.6 Å². The van der Waals surface area contributed by atoms with Gasteiger partial charge in [-0.25, -0.2) is 0 Å². The monoisotopic (exact) mass is 697 g/mol. The zero-order valence-corrected chi connectivity index (χ0v) is 32.9. The predicted octanol–water partition coefficient (Wildman–Crippen LogP) is 9.38. The Balaban J connectivity index is 1.06. The van der Waals surface area contributed by atoms with Gasteiger partial charge in [0.1, 0.15) is 0 Å². The summed E-state index contributed by atoms with van der Waals surface area (Å²) in [5.74, 6) is 5.50. The van der Waals surface area contributed by atoms with E-state index in [4.69, 9.17) is 0 Å². The molecule has 7 aliphatic rings. The molecule has 0 spiro atoms. The molecule has 4 nitrogen and oxygen atoms in total. The highest BCUT2D eigenvalue weighted by Gasteiger charge is 2.68. The van der Waals surface area contributed by atoms with Crippen LogP contribution in [0.3, 0.4) is 0 Å². The van der Waals surface area contributed by atoms with Gasteiger partial charge in [-0.1, -0.05) is 53.2 Å². The first-order valence-corrected chi connectivity index (χ1v) is 22.0. The quantitative estimate of drug-likeness (QED) is 0.254. The third-order valence-electron chi connectivity index (χ3n) is 17.4. The van der Waals surface area contributed by atoms with E-state index in [9.17, 15) is 13.4 Å². The van der Waals surface area contributed by atoms with Crippen molar-refractivity contribution in [3.05, 3.63) is 23.3 Å². The summed E-state index contributed by atoms with van der Waals surface area (Å²) in [7, 11) is -0.636. The molecule has 1 amide bonds. The molecule has 0 N–H and O–H groups in total. The molecule has 1 saturated heterocycles. The van der Waals surface area contributed by atoms with Crippen LogP contribution in [0.25, 0.3) is 0 Å². The summed E-state index contributed by atoms with van der Waals surface area (Å²) < 4.78 is 25.6. The molecular weight excluding hydrogens is 628 g/mol. The van der Waals surface area contributed by atoms with Gasteiger partial charge in [0.25, 0.3) is 0 Å². The van der Waals surface area contributed by atoms with E-state index < -0.39 is 10.8 Å². The van der Waals surface area contributed by atoms with Crippen molar-refractivity contribution in [2.45, 2.75) is 131 Å². The molecule has 6 aliphatic carbocycles. The van der Waals surface area contributed by atoms with E-state index in [0.717, 1.165) is 93.6 Å². The first-order chi connectivity index (χ1) is 23.3. The number of nitrogens with zero attached hydrogens (tertiary/aromatic N) is 2. The summed E-state index contributed by atoms with van der Waals surface area (Å²) in [5.41, 5.74) is 4.38. The Kier molecular flexibility index (Phi) is 9.97. The Labute approximate surface area is 301 Å². The molecule has 0 radical (unpaired) electrons. The van der Waals surface area contributed by atoms with Crippen LogP contribution in [-0.2, 0) is 15.6 Å². The van der Waals surface area contributed by atoms with Crippen LogP contribution in [0.5, 0.6) is 0 Å². The van der Waals surface area contributed by atoms with E-state index in [1.165, 1.54) is 69.8 Å². The number of alkyl halides is 1. The average molecular weight is 697 g/mol. The second-order valence-corrected chi connectivity index (χ2v) is 21.3. The number of rotatable bonds is 8. The largest absolute Gasteiger partial charge is 0.342 e. The third-order valence-corrected chi connectivity index (χ3v) is 18.7. The van der Waals surface area contributed by atoms with Crippen molar-refractivity contribution in [2.75, 3.05) is 50.9 Å². The number of carbonyl (C=O) groups is 1. The normalized spacial score (nSPS) is 45.7. The number of allylic oxidation sites excluding steroid dienone is 4. The molecule has 4 saturated carbocycles. The molecule has 7 rings (SSSR count). The molecule has 49 heavy (non-hydrogen) atoms. The summed E-state index contributed by atoms with van der Waals surface area (Å²) in [5, 5.41) is 0. The summed E-state index contributed by atoms with van der Waals surface area (Å²) in [6.07, 6.45) is 22.3. The van der Waals surface area contributed by atoms with Gasteiger partial charge in [-0.05, 0) is 158 Å². The lowest BCUT2D eigenvalue weighted by atomic mass is 9.33. The minimum atomic E-state index is -0.636. The van der Waals surface area contributed by atoms with Gasteiger partial charge in [0.2, 0.25) is 5.91 Å². The van der Waals surface area contributed by atoms with Crippen molar-refractivity contribution < 1.29 is 13.4 Å². The van der Waals surface area contributed by atoms with E-state index >= 15 is 0 Å². The summed E-state index contributed by atoms with van der Waals surface area (Å²) in [4.78, 5) is 17.8. The van der Waals surface area contributed by atoms with Gasteiger partial charge in [-0.2, -0.15) is 0 Å². The fraction of sp³-hybridized carbons (Fsp3) is 0.884. The average Bonchev–Trinajstić information content (AvgIpc) is 3.50. The molecule has 8 unspecified atom stereocenters. The standard InChI is InChI=1S/C43H69FN2O2S/c1-31-34(33-12-17-39(3,29-44)18-13-33)14-19-40(4)35(31)15-20-42(6)38(40)11-10-36-37-9-7-16-43(37,22-21-41(36,42)5)30-46(32(2)47)24-8-23-45-25-27-49(48)28-26-45/h12,14,31,35-38H,7-11,13,15-30H2,1-6H3/t31?,35?,36?,37?,38?,39-,40?,41+,42?,43?/m0/s1. The lowest BCUT2D eigenvalue weighted by Crippen LogP contribution is -2.64. The first-order valence-electron chi connectivity index (χ1n) is 20.6. The first kappa shape index (κ1) is 36.4. The van der Waals surface area contributed by atoms with Gasteiger partial charge in [0.15, 0.2) is 0 Å². The summed E-state index contributed by atoms with van der Waals surface area (Å²) in [6.45, 7) is 19.2. The maximum atomic E-state index is 13.7. The fourth-order valence-corrected chi connectivity index (χ4v) is 15.3. The maximum absolute atomic E-state index is 13.7. The highest BCUT2D eigenvalue weighted by Crippen LogP contribution is 2.76. The lowest BCUT2D eigenvalue weighted by Gasteiger charge is -2.71. The zero-order valence-electron chi connectivity index (χ0n) is 32.1. The van der Waals surface area contributed by atoms with Gasteiger partial charge in [-0.15, -0.1) is 0 Å². The van der Waals surface area contributed by atoms with Gasteiger partial charge in [0, 0.05) is 55.4 Å². The number of amides is 1. The van der Waals surface area contributed by atoms with Crippen molar-refractivity contribution in [3.63, 3.8) is 0 Å². The van der Waals surface area contributed by atoms with Crippen molar-refractivity contribution in [1.82, 2.24) is 9.80 Å². The number of carbonyl (C=O) groups excluding carboxylic acids is 1. The van der Waals surface area contributed by atoms with Crippen LogP contribution in [-0.4, -0.2) is 70.8 Å². The second-order valence-electron chi connectivity index (χ2n) is 19.6. The van der Waals surface area contributed by atoms with Gasteiger partial charge >= 0.3 is 0 Å². The Bertz CT molecular complexity index is 1350. The molecule has 276 valence electrons. The molecule has 5 fully saturated rings. The van der Waals surface area contributed by atoms with Gasteiger partial charge in [0.05, 0.1) is 6.67 Å². The predicted molar refractivity (Wildman–Crippen MR) is 201 cm³/mol. The van der Waals surface area contributed by atoms with E-state index in [-0.39, 0.29) is 18.0 Å². The minimum absolute atomic E-state index is 0.157. The molecule has 6 heteroatoms. The van der Waals surface area contributed by atoms with Crippen molar-refractivity contribution >= 4 is 16.7 Å². The van der Waals surface area contributed by atoms with Crippen LogP contribution >= 0.6 is 0 Å². The Morgan fingerprint density at radius 1 is 0.918 bits per heavy atom. The molecule has 1 aliphatic heterocycles. The Morgan fingerprint density at radius 2 is 1.69 bits per heavy atom. The molecule has 0 aromatic rings. The molecule has 0 bridgehead atoms. The highest BCUT2D eigenvalue weighted by molar-refractivity contribution is 7.85. The Hall–Kier alpha value is -1.01. The molecule has 1 heterocycles. The molecular formula is C43H69FN2O2S. The third kappa shape index (κ3) is 6.09. The summed E-state index contributed by atoms with van der Waals surface area (Å²) in [6, 6.07) is 0. The molecule has 0 aromatic heterocycles. The second kappa shape index (κ2) is 13.4. The smallest absolute Gasteiger partial charge is 0.219 e. The number of hydrogen-bond acceptors (Lipinski definition) is 3. The lowest BCUT2D eigenvalue weighted by molar-refractivity contribution is -0.220. The minimum Gasteiger partial charge on any atom is -0.342 e. The van der Waals surface area contributed by atoms with Crippen LogP contribution in [0, 0.1) is 56.7 Å². The van der Waals surface area contributed by atoms with Crippen molar-refractivity contribution in [1.29, 1.82) is 0 Å². The maximum Gasteiger partial charge on any atom is 0.219 e. The van der Waals surface area contributed by atoms with Crippen LogP contribution < -0.4 is 0 Å². The van der Waals surface area contributed by atoms with Gasteiger partial charge < -0.3 is 9.80 Å². The molecule has 0 aromatic carbocycles. The SMILES string of the molecule is CC(=O)N(CCCN1CCS(=O)CC1)CC12CCCC1C1CCC3C4(C)CC=C(C5=CC[C@](C)(CF)CC5)C(C)C4CCC3(C)[C@]1(C)CC2. The van der Waals surface area contributed by atoms with Crippen LogP contribution in [0.4, 0.5) is 4.39 Å².